The normalized spacial score (nSPS) is 11.2. The van der Waals surface area contributed by atoms with E-state index in [1.165, 1.54) is 0 Å². The number of fused-ring (bicyclic) bond motifs is 2. The molecule has 0 atom stereocenters. The van der Waals surface area contributed by atoms with E-state index in [1.54, 1.807) is 11.3 Å². The summed E-state index contributed by atoms with van der Waals surface area (Å²) in [6.45, 7) is 2.30. The number of aryl methyl sites for hydroxylation is 1. The van der Waals surface area contributed by atoms with E-state index in [-0.39, 0.29) is 5.91 Å². The Bertz CT molecular complexity index is 989. The third-order valence-electron chi connectivity index (χ3n) is 3.66. The Kier molecular flexibility index (Phi) is 3.31. The number of imidazole rings is 1. The van der Waals surface area contributed by atoms with Crippen molar-refractivity contribution in [3.8, 4) is 0 Å². The Hall–Kier alpha value is -2.73. The largest absolute Gasteiger partial charge is 0.346 e. The van der Waals surface area contributed by atoms with E-state index >= 15 is 0 Å². The molecule has 0 aliphatic rings. The molecule has 3 aromatic heterocycles. The van der Waals surface area contributed by atoms with Gasteiger partial charge in [0.1, 0.15) is 0 Å². The van der Waals surface area contributed by atoms with Gasteiger partial charge in [-0.3, -0.25) is 14.2 Å². The molecule has 0 fully saturated rings. The molecule has 0 radical (unpaired) electrons. The molecule has 0 spiro atoms. The van der Waals surface area contributed by atoms with E-state index in [9.17, 15) is 4.79 Å². The van der Waals surface area contributed by atoms with Gasteiger partial charge in [0, 0.05) is 28.9 Å². The molecule has 0 bridgehead atoms. The molecule has 0 aliphatic carbocycles. The lowest BCUT2D eigenvalue weighted by molar-refractivity contribution is 0.0952. The van der Waals surface area contributed by atoms with Crippen LogP contribution in [-0.4, -0.2) is 20.3 Å². The molecule has 3 heterocycles. The Morgan fingerprint density at radius 1 is 1.30 bits per heavy atom. The second-order valence-corrected chi connectivity index (χ2v) is 6.21. The summed E-state index contributed by atoms with van der Waals surface area (Å²) in [5, 5.41) is 5.79. The van der Waals surface area contributed by atoms with Gasteiger partial charge in [-0.15, -0.1) is 11.3 Å². The van der Waals surface area contributed by atoms with Crippen molar-refractivity contribution in [2.75, 3.05) is 0 Å². The van der Waals surface area contributed by atoms with E-state index < -0.39 is 0 Å². The number of carbonyl (C=O) groups excluding carboxylic acids is 1. The van der Waals surface area contributed by atoms with Crippen molar-refractivity contribution in [2.24, 2.45) is 0 Å². The van der Waals surface area contributed by atoms with E-state index in [1.807, 2.05) is 59.4 Å². The van der Waals surface area contributed by atoms with Gasteiger partial charge in [0.05, 0.1) is 23.3 Å². The van der Waals surface area contributed by atoms with Crippen LogP contribution in [0.1, 0.15) is 21.7 Å². The Balaban J connectivity index is 1.60. The van der Waals surface area contributed by atoms with Gasteiger partial charge in [-0.05, 0) is 19.1 Å². The number of rotatable bonds is 3. The minimum Gasteiger partial charge on any atom is -0.346 e. The average Bonchev–Trinajstić information content (AvgIpc) is 3.13. The zero-order valence-electron chi connectivity index (χ0n) is 12.5. The lowest BCUT2D eigenvalue weighted by Crippen LogP contribution is -2.23. The van der Waals surface area contributed by atoms with E-state index in [0.717, 1.165) is 27.3 Å². The van der Waals surface area contributed by atoms with Crippen LogP contribution in [0.15, 0.2) is 48.1 Å². The minimum absolute atomic E-state index is 0.108. The van der Waals surface area contributed by atoms with Crippen molar-refractivity contribution in [2.45, 2.75) is 13.5 Å². The molecule has 0 aliphatic heterocycles. The van der Waals surface area contributed by atoms with Crippen molar-refractivity contribution in [3.05, 3.63) is 65.1 Å². The van der Waals surface area contributed by atoms with Crippen LogP contribution in [0.4, 0.5) is 0 Å². The van der Waals surface area contributed by atoms with Gasteiger partial charge >= 0.3 is 0 Å². The second kappa shape index (κ2) is 5.48. The molecule has 0 saturated carbocycles. The highest BCUT2D eigenvalue weighted by atomic mass is 32.1. The zero-order chi connectivity index (χ0) is 15.8. The van der Waals surface area contributed by atoms with Crippen LogP contribution in [0.3, 0.4) is 0 Å². The number of nitrogens with zero attached hydrogens (tertiary/aromatic N) is 3. The molecule has 1 N–H and O–H groups in total. The van der Waals surface area contributed by atoms with E-state index in [0.29, 0.717) is 12.1 Å². The summed E-state index contributed by atoms with van der Waals surface area (Å²) in [7, 11) is 0. The fourth-order valence-corrected chi connectivity index (χ4v) is 3.34. The van der Waals surface area contributed by atoms with Crippen molar-refractivity contribution in [1.82, 2.24) is 19.7 Å². The molecular formula is C17H14N4OS. The molecule has 23 heavy (non-hydrogen) atoms. The van der Waals surface area contributed by atoms with Gasteiger partial charge in [0.25, 0.3) is 5.91 Å². The van der Waals surface area contributed by atoms with E-state index in [2.05, 4.69) is 15.3 Å². The highest BCUT2D eigenvalue weighted by Crippen LogP contribution is 2.18. The van der Waals surface area contributed by atoms with Gasteiger partial charge in [-0.25, -0.2) is 4.98 Å². The summed E-state index contributed by atoms with van der Waals surface area (Å²) in [6.07, 6.45) is 3.89. The second-order valence-electron chi connectivity index (χ2n) is 5.34. The number of para-hydroxylation sites is 1. The molecule has 4 aromatic rings. The van der Waals surface area contributed by atoms with Crippen molar-refractivity contribution >= 4 is 33.1 Å². The summed E-state index contributed by atoms with van der Waals surface area (Å²) in [5.74, 6) is -0.108. The zero-order valence-corrected chi connectivity index (χ0v) is 13.3. The van der Waals surface area contributed by atoms with Crippen LogP contribution >= 0.6 is 11.3 Å². The van der Waals surface area contributed by atoms with Gasteiger partial charge in [0.2, 0.25) is 0 Å². The first-order valence-electron chi connectivity index (χ1n) is 7.26. The minimum atomic E-state index is -0.108. The number of hydrogen-bond acceptors (Lipinski definition) is 4. The van der Waals surface area contributed by atoms with Crippen molar-refractivity contribution < 1.29 is 4.79 Å². The summed E-state index contributed by atoms with van der Waals surface area (Å²) in [4.78, 5) is 22.4. The molecule has 6 heteroatoms. The molecule has 5 nitrogen and oxygen atoms in total. The lowest BCUT2D eigenvalue weighted by Gasteiger charge is -2.08. The first kappa shape index (κ1) is 13.9. The molecule has 4 rings (SSSR count). The summed E-state index contributed by atoms with van der Waals surface area (Å²) >= 11 is 1.57. The molecule has 0 unspecified atom stereocenters. The van der Waals surface area contributed by atoms with Crippen LogP contribution in [-0.2, 0) is 6.54 Å². The predicted molar refractivity (Wildman–Crippen MR) is 90.7 cm³/mol. The van der Waals surface area contributed by atoms with Gasteiger partial charge < -0.3 is 5.32 Å². The number of pyridine rings is 1. The fraction of sp³-hybridized carbons (Fsp3) is 0.118. The third kappa shape index (κ3) is 2.57. The van der Waals surface area contributed by atoms with Crippen LogP contribution < -0.4 is 5.32 Å². The Labute approximate surface area is 136 Å². The molecule has 0 saturated heterocycles. The monoisotopic (exact) mass is 322 g/mol. The summed E-state index contributed by atoms with van der Waals surface area (Å²) in [6, 6.07) is 9.50. The number of carbonyl (C=O) groups is 1. The van der Waals surface area contributed by atoms with Gasteiger partial charge in [0.15, 0.2) is 4.96 Å². The van der Waals surface area contributed by atoms with Crippen LogP contribution in [0, 0.1) is 6.92 Å². The number of aromatic nitrogens is 3. The number of nitrogens with one attached hydrogen (secondary N) is 1. The number of thiazole rings is 1. The lowest BCUT2D eigenvalue weighted by atomic mass is 10.1. The molecule has 1 aromatic carbocycles. The maximum Gasteiger partial charge on any atom is 0.252 e. The maximum absolute atomic E-state index is 12.6. The van der Waals surface area contributed by atoms with Gasteiger partial charge in [-0.1, -0.05) is 18.2 Å². The highest BCUT2D eigenvalue weighted by molar-refractivity contribution is 7.15. The van der Waals surface area contributed by atoms with Crippen LogP contribution in [0.2, 0.25) is 0 Å². The smallest absolute Gasteiger partial charge is 0.252 e. The fourth-order valence-electron chi connectivity index (χ4n) is 2.62. The van der Waals surface area contributed by atoms with E-state index in [4.69, 9.17) is 0 Å². The number of benzene rings is 1. The average molecular weight is 322 g/mol. The Morgan fingerprint density at radius 3 is 3.04 bits per heavy atom. The van der Waals surface area contributed by atoms with Crippen molar-refractivity contribution in [3.63, 3.8) is 0 Å². The maximum atomic E-state index is 12.6. The molecule has 1 amide bonds. The SMILES string of the molecule is Cc1cc(C(=O)NCc2cn3ccsc3n2)c2ccccc2n1. The summed E-state index contributed by atoms with van der Waals surface area (Å²) in [5.41, 5.74) is 3.16. The quantitative estimate of drug-likeness (QED) is 0.630. The predicted octanol–water partition coefficient (Wildman–Crippen LogP) is 3.18. The standard InChI is InChI=1S/C17H14N4OS/c1-11-8-14(13-4-2-3-5-15(13)19-11)16(22)18-9-12-10-21-6-7-23-17(21)20-12/h2-8,10H,9H2,1H3,(H,18,22). The van der Waals surface area contributed by atoms with Gasteiger partial charge in [-0.2, -0.15) is 0 Å². The molecular weight excluding hydrogens is 308 g/mol. The first-order valence-corrected chi connectivity index (χ1v) is 8.14. The summed E-state index contributed by atoms with van der Waals surface area (Å²) < 4.78 is 1.96. The van der Waals surface area contributed by atoms with Crippen LogP contribution in [0.25, 0.3) is 15.9 Å². The number of hydrogen-bond donors (Lipinski definition) is 1. The Morgan fingerprint density at radius 2 is 2.17 bits per heavy atom. The topological polar surface area (TPSA) is 59.3 Å². The third-order valence-corrected chi connectivity index (χ3v) is 4.43. The molecule has 114 valence electrons. The van der Waals surface area contributed by atoms with Crippen LogP contribution in [0.5, 0.6) is 0 Å². The van der Waals surface area contributed by atoms with Crippen molar-refractivity contribution in [1.29, 1.82) is 0 Å². The first-order chi connectivity index (χ1) is 11.2. The highest BCUT2D eigenvalue weighted by Gasteiger charge is 2.12. The number of amides is 1.